The Morgan fingerprint density at radius 3 is 1.84 bits per heavy atom. The molecular weight excluding hydrogens is 588 g/mol. The highest BCUT2D eigenvalue weighted by atomic mass is 32.2. The van der Waals surface area contributed by atoms with Crippen LogP contribution in [0.4, 0.5) is 0 Å². The molecule has 2 aromatic rings. The van der Waals surface area contributed by atoms with Gasteiger partial charge in [-0.25, -0.2) is 0 Å². The van der Waals surface area contributed by atoms with E-state index in [1.807, 2.05) is 36.4 Å². The fraction of sp³-hybridized carbons (Fsp3) is 0.531. The lowest BCUT2D eigenvalue weighted by Gasteiger charge is -2.40. The highest BCUT2D eigenvalue weighted by molar-refractivity contribution is 8.14. The molecule has 2 saturated heterocycles. The Morgan fingerprint density at radius 2 is 1.30 bits per heavy atom. The van der Waals surface area contributed by atoms with Crippen molar-refractivity contribution in [3.63, 3.8) is 0 Å². The first-order valence-corrected chi connectivity index (χ1v) is 16.4. The van der Waals surface area contributed by atoms with Crippen LogP contribution in [0.25, 0.3) is 0 Å². The summed E-state index contributed by atoms with van der Waals surface area (Å²) >= 11 is 3.18. The fourth-order valence-corrected chi connectivity index (χ4v) is 8.23. The molecular formula is C32H40N2O7S2. The van der Waals surface area contributed by atoms with Crippen molar-refractivity contribution in [2.24, 2.45) is 21.8 Å². The molecule has 43 heavy (non-hydrogen) atoms. The topological polar surface area (TPSA) is 130 Å². The molecule has 0 aromatic heterocycles. The van der Waals surface area contributed by atoms with Crippen LogP contribution >= 0.6 is 23.5 Å². The van der Waals surface area contributed by atoms with E-state index in [1.54, 1.807) is 11.8 Å². The number of carbonyl (C=O) groups excluding carboxylic acids is 1. The van der Waals surface area contributed by atoms with Gasteiger partial charge in [-0.05, 0) is 23.0 Å². The van der Waals surface area contributed by atoms with Crippen molar-refractivity contribution in [2.75, 3.05) is 13.2 Å². The molecule has 3 N–H and O–H groups in total. The van der Waals surface area contributed by atoms with Crippen LogP contribution in [0.5, 0.6) is 0 Å². The smallest absolute Gasteiger partial charge is 0.302 e. The van der Waals surface area contributed by atoms with Crippen LogP contribution in [-0.2, 0) is 31.8 Å². The summed E-state index contributed by atoms with van der Waals surface area (Å²) in [5.41, 5.74) is 2.13. The average Bonchev–Trinajstić information content (AvgIpc) is 3.61. The van der Waals surface area contributed by atoms with Gasteiger partial charge in [0.2, 0.25) is 0 Å². The first-order chi connectivity index (χ1) is 20.7. The van der Waals surface area contributed by atoms with Gasteiger partial charge in [-0.3, -0.25) is 14.8 Å². The molecule has 9 nitrogen and oxygen atoms in total. The van der Waals surface area contributed by atoms with Crippen molar-refractivity contribution in [1.29, 1.82) is 0 Å². The van der Waals surface area contributed by atoms with E-state index < -0.39 is 24.4 Å². The van der Waals surface area contributed by atoms with Crippen molar-refractivity contribution in [2.45, 2.75) is 81.0 Å². The lowest BCUT2D eigenvalue weighted by molar-refractivity contribution is -0.164. The summed E-state index contributed by atoms with van der Waals surface area (Å²) in [6.07, 6.45) is -1.33. The summed E-state index contributed by atoms with van der Waals surface area (Å²) < 4.78 is 16.9. The van der Waals surface area contributed by atoms with Crippen LogP contribution in [0.2, 0.25) is 0 Å². The Balaban J connectivity index is 0.000000173. The Bertz CT molecular complexity index is 1280. The Labute approximate surface area is 261 Å². The van der Waals surface area contributed by atoms with Gasteiger partial charge in [0.1, 0.15) is 41.8 Å². The van der Waals surface area contributed by atoms with Gasteiger partial charge in [0.25, 0.3) is 0 Å². The second kappa shape index (κ2) is 14.7. The lowest BCUT2D eigenvalue weighted by atomic mass is 9.83. The molecule has 0 radical (unpaired) electrons. The molecule has 2 aromatic carbocycles. The minimum absolute atomic E-state index is 0.0421. The number of hydrogen-bond donors (Lipinski definition) is 3. The van der Waals surface area contributed by atoms with Crippen molar-refractivity contribution in [3.05, 3.63) is 71.8 Å². The molecule has 232 valence electrons. The molecule has 10 atom stereocenters. The number of aliphatic hydroxyl groups is 3. The summed E-state index contributed by atoms with van der Waals surface area (Å²) in [4.78, 5) is 20.4. The Kier molecular flexibility index (Phi) is 11.0. The van der Waals surface area contributed by atoms with Gasteiger partial charge in [0.15, 0.2) is 0 Å². The molecule has 0 bridgehead atoms. The summed E-state index contributed by atoms with van der Waals surface area (Å²) in [5.74, 6) is 0.474. The van der Waals surface area contributed by atoms with Crippen molar-refractivity contribution < 1.29 is 34.3 Å². The van der Waals surface area contributed by atoms with Crippen LogP contribution in [0.15, 0.2) is 70.6 Å². The van der Waals surface area contributed by atoms with Crippen molar-refractivity contribution in [3.8, 4) is 0 Å². The molecule has 11 heteroatoms. The lowest BCUT2D eigenvalue weighted by Crippen LogP contribution is -2.55. The second-order valence-electron chi connectivity index (χ2n) is 11.4. The number of aliphatic imine (C=N–C) groups is 2. The molecule has 0 aliphatic carbocycles. The van der Waals surface area contributed by atoms with Crippen LogP contribution in [0, 0.1) is 11.8 Å². The molecule has 4 heterocycles. The molecule has 6 rings (SSSR count). The number of carbonyl (C=O) groups is 1. The van der Waals surface area contributed by atoms with Gasteiger partial charge < -0.3 is 29.5 Å². The fourth-order valence-electron chi connectivity index (χ4n) is 5.62. The molecule has 4 unspecified atom stereocenters. The average molecular weight is 629 g/mol. The molecule has 0 saturated carbocycles. The normalized spacial score (nSPS) is 34.7. The van der Waals surface area contributed by atoms with Gasteiger partial charge in [-0.2, -0.15) is 0 Å². The molecule has 0 spiro atoms. The first kappa shape index (κ1) is 32.2. The number of fused-ring (bicyclic) bond motifs is 2. The Hall–Kier alpha value is -2.25. The number of benzene rings is 2. The van der Waals surface area contributed by atoms with E-state index in [-0.39, 0.29) is 35.6 Å². The third kappa shape index (κ3) is 7.89. The highest BCUT2D eigenvalue weighted by Crippen LogP contribution is 2.42. The van der Waals surface area contributed by atoms with Gasteiger partial charge in [-0.1, -0.05) is 98.0 Å². The van der Waals surface area contributed by atoms with Gasteiger partial charge >= 0.3 is 5.97 Å². The van der Waals surface area contributed by atoms with Gasteiger partial charge in [0, 0.05) is 19.8 Å². The van der Waals surface area contributed by atoms with E-state index in [4.69, 9.17) is 24.3 Å². The highest BCUT2D eigenvalue weighted by Gasteiger charge is 2.48. The largest absolute Gasteiger partial charge is 0.463 e. The van der Waals surface area contributed by atoms with E-state index in [0.717, 1.165) is 22.1 Å². The van der Waals surface area contributed by atoms with E-state index >= 15 is 0 Å². The minimum Gasteiger partial charge on any atom is -0.463 e. The zero-order valence-electron chi connectivity index (χ0n) is 24.6. The third-order valence-electron chi connectivity index (χ3n) is 8.33. The SMILES string of the molecule is CC(=O)OC[C@H]1OC2SC(Cc3ccccc3)=NC2[C@@H](C)[C@@H]1C.OC[C@H]1OC2SC(Cc3ccccc3)=NC2[C@@H](O)[C@@H]1O. The molecule has 4 aliphatic heterocycles. The van der Waals surface area contributed by atoms with Crippen molar-refractivity contribution in [1.82, 2.24) is 0 Å². The van der Waals surface area contributed by atoms with E-state index in [1.165, 1.54) is 24.2 Å². The van der Waals surface area contributed by atoms with Crippen LogP contribution in [0.1, 0.15) is 31.9 Å². The summed E-state index contributed by atoms with van der Waals surface area (Å²) in [7, 11) is 0. The maximum Gasteiger partial charge on any atom is 0.302 e. The van der Waals surface area contributed by atoms with Crippen molar-refractivity contribution >= 4 is 39.6 Å². The number of ether oxygens (including phenoxy) is 3. The van der Waals surface area contributed by atoms with E-state index in [9.17, 15) is 15.0 Å². The predicted octanol–water partition coefficient (Wildman–Crippen LogP) is 3.49. The number of esters is 1. The number of thioether (sulfide) groups is 2. The number of rotatable bonds is 7. The summed E-state index contributed by atoms with van der Waals surface area (Å²) in [5, 5.41) is 31.1. The molecule has 2 fully saturated rings. The first-order valence-electron chi connectivity index (χ1n) is 14.7. The zero-order valence-corrected chi connectivity index (χ0v) is 26.2. The number of hydrogen-bond acceptors (Lipinski definition) is 11. The monoisotopic (exact) mass is 628 g/mol. The van der Waals surface area contributed by atoms with E-state index in [2.05, 4.69) is 43.1 Å². The standard InChI is InChI=1S/C18H23NO3S.C14H17NO4S/c1-11-12(2)17-18(22-15(11)10-21-13(3)20)23-16(19-17)9-14-7-5-4-6-8-14;16-7-9-12(17)13(18)11-14(19-9)20-10(15-11)6-8-4-2-1-3-5-8/h4-8,11-12,15,17-18H,9-10H2,1-3H3;1-5,9,11-14,16-18H,6-7H2/t11-,12-,15+,17?,18?;9-,11?,12-,13-,14?/m01/s1. The van der Waals surface area contributed by atoms with Crippen LogP contribution < -0.4 is 0 Å². The number of aliphatic hydroxyl groups excluding tert-OH is 3. The maximum absolute atomic E-state index is 11.1. The summed E-state index contributed by atoms with van der Waals surface area (Å²) in [6.45, 7) is 5.84. The summed E-state index contributed by atoms with van der Waals surface area (Å²) in [6, 6.07) is 20.1. The second-order valence-corrected chi connectivity index (χ2v) is 13.7. The van der Waals surface area contributed by atoms with Gasteiger partial charge in [0.05, 0.1) is 28.8 Å². The van der Waals surface area contributed by atoms with Crippen LogP contribution in [0.3, 0.4) is 0 Å². The maximum atomic E-state index is 11.1. The predicted molar refractivity (Wildman–Crippen MR) is 169 cm³/mol. The number of nitrogens with zero attached hydrogens (tertiary/aromatic N) is 2. The van der Waals surface area contributed by atoms with E-state index in [0.29, 0.717) is 24.9 Å². The molecule has 0 amide bonds. The van der Waals surface area contributed by atoms with Crippen LogP contribution in [-0.4, -0.2) is 92.0 Å². The third-order valence-corrected chi connectivity index (χ3v) is 10.6. The quantitative estimate of drug-likeness (QED) is 0.395. The Morgan fingerprint density at radius 1 is 0.791 bits per heavy atom. The zero-order chi connectivity index (χ0) is 30.5. The molecule has 4 aliphatic rings. The minimum atomic E-state index is -1.10. The van der Waals surface area contributed by atoms with Gasteiger partial charge in [-0.15, -0.1) is 0 Å².